The number of anilines is 2. The first-order chi connectivity index (χ1) is 8.54. The second-order valence-corrected chi connectivity index (χ2v) is 4.62. The molecule has 2 N–H and O–H groups in total. The summed E-state index contributed by atoms with van der Waals surface area (Å²) in [6, 6.07) is 7.27. The zero-order chi connectivity index (χ0) is 13.5. The van der Waals surface area contributed by atoms with Crippen LogP contribution in [0.5, 0.6) is 0 Å². The van der Waals surface area contributed by atoms with E-state index in [1.807, 2.05) is 43.3 Å². The number of nitrogens with zero attached hydrogens (tertiary/aromatic N) is 1. The molecule has 0 saturated carbocycles. The number of benzene rings is 1. The van der Waals surface area contributed by atoms with E-state index in [-0.39, 0.29) is 0 Å². The van der Waals surface area contributed by atoms with E-state index in [4.69, 9.17) is 5.11 Å². The molecular formula is C14H22N2O2. The Kier molecular flexibility index (Phi) is 5.49. The topological polar surface area (TPSA) is 52.6 Å². The lowest BCUT2D eigenvalue weighted by molar-refractivity contribution is -0.138. The monoisotopic (exact) mass is 250 g/mol. The molecule has 0 bridgehead atoms. The van der Waals surface area contributed by atoms with Crippen molar-refractivity contribution < 1.29 is 9.90 Å². The van der Waals surface area contributed by atoms with Crippen LogP contribution in [0.2, 0.25) is 0 Å². The second-order valence-electron chi connectivity index (χ2n) is 4.62. The molecule has 0 spiro atoms. The van der Waals surface area contributed by atoms with Crippen molar-refractivity contribution in [1.82, 2.24) is 0 Å². The van der Waals surface area contributed by atoms with Gasteiger partial charge in [0.25, 0.3) is 0 Å². The van der Waals surface area contributed by atoms with Crippen LogP contribution < -0.4 is 10.2 Å². The van der Waals surface area contributed by atoms with Crippen LogP contribution in [0.15, 0.2) is 24.3 Å². The molecular weight excluding hydrogens is 228 g/mol. The van der Waals surface area contributed by atoms with Gasteiger partial charge < -0.3 is 15.3 Å². The van der Waals surface area contributed by atoms with Crippen LogP contribution in [0.25, 0.3) is 0 Å². The van der Waals surface area contributed by atoms with E-state index in [1.165, 1.54) is 0 Å². The zero-order valence-corrected chi connectivity index (χ0v) is 11.3. The number of hydrogen-bond donors (Lipinski definition) is 2. The Morgan fingerprint density at radius 1 is 1.44 bits per heavy atom. The van der Waals surface area contributed by atoms with E-state index in [0.29, 0.717) is 6.42 Å². The van der Waals surface area contributed by atoms with Crippen molar-refractivity contribution in [3.63, 3.8) is 0 Å². The Morgan fingerprint density at radius 3 is 2.72 bits per heavy atom. The van der Waals surface area contributed by atoms with E-state index in [2.05, 4.69) is 12.2 Å². The maximum atomic E-state index is 11.2. The number of carboxylic acid groups (broad SMARTS) is 1. The first kappa shape index (κ1) is 14.4. The van der Waals surface area contributed by atoms with Crippen LogP contribution in [-0.4, -0.2) is 31.2 Å². The molecule has 0 aliphatic carbocycles. The lowest BCUT2D eigenvalue weighted by atomic mass is 10.1. The highest BCUT2D eigenvalue weighted by Crippen LogP contribution is 2.19. The molecule has 0 aliphatic heterocycles. The summed E-state index contributed by atoms with van der Waals surface area (Å²) in [4.78, 5) is 13.1. The van der Waals surface area contributed by atoms with Gasteiger partial charge in [-0.05, 0) is 24.6 Å². The molecule has 1 aromatic rings. The van der Waals surface area contributed by atoms with Crippen molar-refractivity contribution in [2.75, 3.05) is 24.3 Å². The number of aliphatic carboxylic acids is 1. The molecule has 18 heavy (non-hydrogen) atoms. The largest absolute Gasteiger partial charge is 0.480 e. The fourth-order valence-electron chi connectivity index (χ4n) is 1.74. The van der Waals surface area contributed by atoms with Crippen LogP contribution in [0.1, 0.15) is 26.2 Å². The van der Waals surface area contributed by atoms with E-state index < -0.39 is 12.0 Å². The minimum Gasteiger partial charge on any atom is -0.480 e. The van der Waals surface area contributed by atoms with Gasteiger partial charge in [-0.2, -0.15) is 0 Å². The summed E-state index contributed by atoms with van der Waals surface area (Å²) >= 11 is 0. The van der Waals surface area contributed by atoms with Crippen molar-refractivity contribution in [3.8, 4) is 0 Å². The van der Waals surface area contributed by atoms with Crippen molar-refractivity contribution in [2.24, 2.45) is 0 Å². The molecule has 100 valence electrons. The van der Waals surface area contributed by atoms with Gasteiger partial charge in [-0.15, -0.1) is 0 Å². The molecule has 1 rings (SSSR count). The summed E-state index contributed by atoms with van der Waals surface area (Å²) in [6.07, 6.45) is 2.57. The molecule has 1 aromatic carbocycles. The molecule has 0 amide bonds. The molecule has 4 nitrogen and oxygen atoms in total. The van der Waals surface area contributed by atoms with Crippen LogP contribution in [-0.2, 0) is 4.79 Å². The standard InChI is InChI=1S/C14H22N2O2/c1-4-5-9-13(14(17)18)15-11-7-6-8-12(10-11)16(2)3/h6-8,10,13,15H,4-5,9H2,1-3H3,(H,17,18). The minimum atomic E-state index is -0.793. The highest BCUT2D eigenvalue weighted by Gasteiger charge is 2.16. The van der Waals surface area contributed by atoms with Gasteiger partial charge in [0, 0.05) is 25.5 Å². The van der Waals surface area contributed by atoms with Gasteiger partial charge in [-0.3, -0.25) is 0 Å². The molecule has 4 heteroatoms. The fraction of sp³-hybridized carbons (Fsp3) is 0.500. The normalized spacial score (nSPS) is 11.9. The SMILES string of the molecule is CCCCC(Nc1cccc(N(C)C)c1)C(=O)O. The molecule has 0 heterocycles. The third-order valence-corrected chi connectivity index (χ3v) is 2.85. The van der Waals surface area contributed by atoms with Gasteiger partial charge >= 0.3 is 5.97 Å². The Morgan fingerprint density at radius 2 is 2.17 bits per heavy atom. The first-order valence-corrected chi connectivity index (χ1v) is 6.31. The zero-order valence-electron chi connectivity index (χ0n) is 11.3. The molecule has 1 atom stereocenters. The van der Waals surface area contributed by atoms with Crippen LogP contribution in [0.3, 0.4) is 0 Å². The lowest BCUT2D eigenvalue weighted by Gasteiger charge is -2.18. The van der Waals surface area contributed by atoms with Crippen molar-refractivity contribution in [1.29, 1.82) is 0 Å². The van der Waals surface area contributed by atoms with E-state index in [9.17, 15) is 4.79 Å². The molecule has 0 saturated heterocycles. The van der Waals surface area contributed by atoms with Crippen molar-refractivity contribution >= 4 is 17.3 Å². The van der Waals surface area contributed by atoms with Crippen molar-refractivity contribution in [3.05, 3.63) is 24.3 Å². The van der Waals surface area contributed by atoms with Crippen molar-refractivity contribution in [2.45, 2.75) is 32.2 Å². The number of carboxylic acids is 1. The smallest absolute Gasteiger partial charge is 0.326 e. The summed E-state index contributed by atoms with van der Waals surface area (Å²) in [5, 5.41) is 12.2. The van der Waals surface area contributed by atoms with Gasteiger partial charge in [0.05, 0.1) is 0 Å². The summed E-state index contributed by atoms with van der Waals surface area (Å²) in [5.74, 6) is -0.793. The average Bonchev–Trinajstić information content (AvgIpc) is 2.34. The molecule has 0 aromatic heterocycles. The van der Waals surface area contributed by atoms with Crippen LogP contribution in [0.4, 0.5) is 11.4 Å². The van der Waals surface area contributed by atoms with Gasteiger partial charge in [-0.1, -0.05) is 25.8 Å². The quantitative estimate of drug-likeness (QED) is 0.781. The highest BCUT2D eigenvalue weighted by atomic mass is 16.4. The summed E-state index contributed by atoms with van der Waals surface area (Å²) in [6.45, 7) is 2.06. The van der Waals surface area contributed by atoms with Crippen LogP contribution in [0, 0.1) is 0 Å². The first-order valence-electron chi connectivity index (χ1n) is 6.31. The Balaban J connectivity index is 2.74. The number of carbonyl (C=O) groups is 1. The summed E-state index contributed by atoms with van der Waals surface area (Å²) in [7, 11) is 3.93. The number of unbranched alkanes of at least 4 members (excludes halogenated alkanes) is 1. The molecule has 0 aliphatic rings. The van der Waals surface area contributed by atoms with Gasteiger partial charge in [0.15, 0.2) is 0 Å². The van der Waals surface area contributed by atoms with E-state index >= 15 is 0 Å². The maximum Gasteiger partial charge on any atom is 0.326 e. The third kappa shape index (κ3) is 4.28. The molecule has 0 radical (unpaired) electrons. The number of nitrogens with one attached hydrogen (secondary N) is 1. The fourth-order valence-corrected chi connectivity index (χ4v) is 1.74. The van der Waals surface area contributed by atoms with Crippen LogP contribution >= 0.6 is 0 Å². The lowest BCUT2D eigenvalue weighted by Crippen LogP contribution is -2.29. The number of rotatable bonds is 7. The van der Waals surface area contributed by atoms with E-state index in [1.54, 1.807) is 0 Å². The number of hydrogen-bond acceptors (Lipinski definition) is 3. The summed E-state index contributed by atoms with van der Waals surface area (Å²) in [5.41, 5.74) is 1.91. The van der Waals surface area contributed by atoms with Gasteiger partial charge in [0.2, 0.25) is 0 Å². The Hall–Kier alpha value is -1.71. The second kappa shape index (κ2) is 6.89. The average molecular weight is 250 g/mol. The maximum absolute atomic E-state index is 11.2. The summed E-state index contributed by atoms with van der Waals surface area (Å²) < 4.78 is 0. The third-order valence-electron chi connectivity index (χ3n) is 2.85. The predicted octanol–water partition coefficient (Wildman–Crippen LogP) is 2.81. The van der Waals surface area contributed by atoms with Gasteiger partial charge in [-0.25, -0.2) is 4.79 Å². The van der Waals surface area contributed by atoms with E-state index in [0.717, 1.165) is 24.2 Å². The predicted molar refractivity (Wildman–Crippen MR) is 75.3 cm³/mol. The molecule has 0 fully saturated rings. The van der Waals surface area contributed by atoms with Gasteiger partial charge in [0.1, 0.15) is 6.04 Å². The minimum absolute atomic E-state index is 0.512. The Labute approximate surface area is 109 Å². The highest BCUT2D eigenvalue weighted by molar-refractivity contribution is 5.77. The molecule has 1 unspecified atom stereocenters. The Bertz CT molecular complexity index is 391.